The highest BCUT2D eigenvalue weighted by Crippen LogP contribution is 2.21. The highest BCUT2D eigenvalue weighted by atomic mass is 16.5. The van der Waals surface area contributed by atoms with Gasteiger partial charge in [0.25, 0.3) is 0 Å². The van der Waals surface area contributed by atoms with Crippen molar-refractivity contribution in [3.05, 3.63) is 39.7 Å². The molecule has 1 aromatic carbocycles. The molecule has 0 spiro atoms. The van der Waals surface area contributed by atoms with Gasteiger partial charge in [-0.25, -0.2) is 4.79 Å². The van der Waals surface area contributed by atoms with Gasteiger partial charge in [0.2, 0.25) is 0 Å². The van der Waals surface area contributed by atoms with Gasteiger partial charge >= 0.3 is 5.97 Å². The Kier molecular flexibility index (Phi) is 3.06. The number of aryl methyl sites for hydroxylation is 1. The molecule has 0 aliphatic rings. The Morgan fingerprint density at radius 2 is 1.94 bits per heavy atom. The number of benzene rings is 1. The molecule has 0 radical (unpaired) electrons. The molecule has 1 N–H and O–H groups in total. The summed E-state index contributed by atoms with van der Waals surface area (Å²) in [6.07, 6.45) is 0. The van der Waals surface area contributed by atoms with Gasteiger partial charge in [-0.2, -0.15) is 0 Å². The van der Waals surface area contributed by atoms with Crippen LogP contribution in [0.1, 0.15) is 16.1 Å². The zero-order valence-electron chi connectivity index (χ0n) is 10.4. The summed E-state index contributed by atoms with van der Waals surface area (Å²) in [6.45, 7) is 1.84. The van der Waals surface area contributed by atoms with Crippen LogP contribution in [0.25, 0.3) is 10.9 Å². The number of hydrogen-bond donors (Lipinski definition) is 1. The highest BCUT2D eigenvalue weighted by Gasteiger charge is 2.11. The number of ether oxygens (including phenoxy) is 2. The van der Waals surface area contributed by atoms with E-state index in [9.17, 15) is 9.59 Å². The van der Waals surface area contributed by atoms with Crippen LogP contribution in [0.3, 0.4) is 0 Å². The van der Waals surface area contributed by atoms with Crippen LogP contribution in [-0.4, -0.2) is 25.2 Å². The number of rotatable bonds is 2. The SMILES string of the molecule is COC(=O)c1cc(=O)c2cc(OC)cc(C)c2[nH]1. The van der Waals surface area contributed by atoms with Crippen LogP contribution >= 0.6 is 0 Å². The van der Waals surface area contributed by atoms with Crippen LogP contribution in [0.15, 0.2) is 23.0 Å². The van der Waals surface area contributed by atoms with E-state index in [0.29, 0.717) is 16.7 Å². The Bertz CT molecular complexity index is 672. The fourth-order valence-corrected chi connectivity index (χ4v) is 1.83. The van der Waals surface area contributed by atoms with Crippen LogP contribution < -0.4 is 10.2 Å². The van der Waals surface area contributed by atoms with Gasteiger partial charge in [0.05, 0.1) is 19.7 Å². The Morgan fingerprint density at radius 1 is 1.22 bits per heavy atom. The minimum Gasteiger partial charge on any atom is -0.497 e. The van der Waals surface area contributed by atoms with Gasteiger partial charge < -0.3 is 14.5 Å². The monoisotopic (exact) mass is 247 g/mol. The number of H-pyrrole nitrogens is 1. The zero-order valence-corrected chi connectivity index (χ0v) is 10.4. The summed E-state index contributed by atoms with van der Waals surface area (Å²) < 4.78 is 9.70. The lowest BCUT2D eigenvalue weighted by Crippen LogP contribution is -2.12. The summed E-state index contributed by atoms with van der Waals surface area (Å²) in [5.41, 5.74) is 1.34. The molecule has 5 nitrogen and oxygen atoms in total. The molecule has 1 heterocycles. The lowest BCUT2D eigenvalue weighted by atomic mass is 10.1. The number of hydrogen-bond acceptors (Lipinski definition) is 4. The number of aromatic amines is 1. The van der Waals surface area contributed by atoms with E-state index >= 15 is 0 Å². The largest absolute Gasteiger partial charge is 0.497 e. The molecule has 0 amide bonds. The molecule has 2 aromatic rings. The molecule has 2 rings (SSSR count). The number of carbonyl (C=O) groups excluding carboxylic acids is 1. The summed E-state index contributed by atoms with van der Waals surface area (Å²) in [4.78, 5) is 26.3. The van der Waals surface area contributed by atoms with Gasteiger partial charge in [-0.1, -0.05) is 0 Å². The van der Waals surface area contributed by atoms with Crippen molar-refractivity contribution in [2.24, 2.45) is 0 Å². The van der Waals surface area contributed by atoms with Gasteiger partial charge in [-0.3, -0.25) is 4.79 Å². The molecule has 1 aromatic heterocycles. The molecular formula is C13H13NO4. The minimum absolute atomic E-state index is 0.142. The van der Waals surface area contributed by atoms with E-state index in [1.54, 1.807) is 12.1 Å². The number of nitrogens with one attached hydrogen (secondary N) is 1. The molecular weight excluding hydrogens is 234 g/mol. The topological polar surface area (TPSA) is 68.4 Å². The summed E-state index contributed by atoms with van der Waals surface area (Å²) in [5.74, 6) is 0.0422. The quantitative estimate of drug-likeness (QED) is 0.819. The third-order valence-corrected chi connectivity index (χ3v) is 2.75. The first-order valence-electron chi connectivity index (χ1n) is 5.37. The van der Waals surface area contributed by atoms with E-state index in [1.807, 2.05) is 6.92 Å². The average molecular weight is 247 g/mol. The second-order valence-corrected chi connectivity index (χ2v) is 3.91. The summed E-state index contributed by atoms with van der Waals surface area (Å²) >= 11 is 0. The summed E-state index contributed by atoms with van der Waals surface area (Å²) in [5, 5.41) is 0.486. The average Bonchev–Trinajstić information content (AvgIpc) is 2.38. The second kappa shape index (κ2) is 4.52. The van der Waals surface area contributed by atoms with Crippen molar-refractivity contribution in [1.29, 1.82) is 0 Å². The fraction of sp³-hybridized carbons (Fsp3) is 0.231. The van der Waals surface area contributed by atoms with E-state index in [2.05, 4.69) is 9.72 Å². The van der Waals surface area contributed by atoms with Crippen molar-refractivity contribution < 1.29 is 14.3 Å². The second-order valence-electron chi connectivity index (χ2n) is 3.91. The maximum atomic E-state index is 12.0. The van der Waals surface area contributed by atoms with Crippen molar-refractivity contribution in [3.63, 3.8) is 0 Å². The van der Waals surface area contributed by atoms with Gasteiger partial charge in [0.15, 0.2) is 5.43 Å². The molecule has 0 unspecified atom stereocenters. The number of carbonyl (C=O) groups is 1. The lowest BCUT2D eigenvalue weighted by molar-refractivity contribution is 0.0594. The van der Waals surface area contributed by atoms with Gasteiger partial charge in [-0.15, -0.1) is 0 Å². The normalized spacial score (nSPS) is 10.4. The number of pyridine rings is 1. The highest BCUT2D eigenvalue weighted by molar-refractivity contribution is 5.92. The van der Waals surface area contributed by atoms with E-state index in [-0.39, 0.29) is 11.1 Å². The van der Waals surface area contributed by atoms with Crippen LogP contribution in [0.5, 0.6) is 5.75 Å². The number of methoxy groups -OCH3 is 2. The standard InChI is InChI=1S/C13H13NO4/c1-7-4-8(17-2)5-9-11(15)6-10(13(16)18-3)14-12(7)9/h4-6H,1-3H3,(H,14,15). The maximum absolute atomic E-state index is 12.0. The smallest absolute Gasteiger partial charge is 0.354 e. The molecule has 18 heavy (non-hydrogen) atoms. The van der Waals surface area contributed by atoms with Gasteiger partial charge in [-0.05, 0) is 24.6 Å². The molecule has 0 saturated carbocycles. The molecule has 5 heteroatoms. The van der Waals surface area contributed by atoms with Crippen LogP contribution in [0.4, 0.5) is 0 Å². The Hall–Kier alpha value is -2.30. The number of fused-ring (bicyclic) bond motifs is 1. The molecule has 0 atom stereocenters. The molecule has 0 aliphatic heterocycles. The first-order valence-corrected chi connectivity index (χ1v) is 5.37. The Labute approximate surface area is 103 Å². The molecule has 0 fully saturated rings. The van der Waals surface area contributed by atoms with E-state index < -0.39 is 5.97 Å². The Balaban J connectivity index is 2.78. The maximum Gasteiger partial charge on any atom is 0.354 e. The fourth-order valence-electron chi connectivity index (χ4n) is 1.83. The predicted molar refractivity (Wildman–Crippen MR) is 67.2 cm³/mol. The predicted octanol–water partition coefficient (Wildman–Crippen LogP) is 1.63. The first-order chi connectivity index (χ1) is 8.56. The Morgan fingerprint density at radius 3 is 2.56 bits per heavy atom. The molecule has 94 valence electrons. The van der Waals surface area contributed by atoms with Crippen molar-refractivity contribution in [3.8, 4) is 5.75 Å². The molecule has 0 aliphatic carbocycles. The van der Waals surface area contributed by atoms with Crippen molar-refractivity contribution in [2.75, 3.05) is 14.2 Å². The number of aromatic nitrogens is 1. The van der Waals surface area contributed by atoms with Gasteiger partial charge in [0, 0.05) is 11.5 Å². The summed E-state index contributed by atoms with van der Waals surface area (Å²) in [6, 6.07) is 4.66. The summed E-state index contributed by atoms with van der Waals surface area (Å²) in [7, 11) is 2.81. The van der Waals surface area contributed by atoms with E-state index in [1.165, 1.54) is 20.3 Å². The number of esters is 1. The van der Waals surface area contributed by atoms with Gasteiger partial charge in [0.1, 0.15) is 11.4 Å². The minimum atomic E-state index is -0.566. The first kappa shape index (κ1) is 12.2. The van der Waals surface area contributed by atoms with E-state index in [4.69, 9.17) is 4.74 Å². The van der Waals surface area contributed by atoms with Crippen LogP contribution in [0, 0.1) is 6.92 Å². The van der Waals surface area contributed by atoms with Crippen molar-refractivity contribution in [2.45, 2.75) is 6.92 Å². The van der Waals surface area contributed by atoms with Crippen LogP contribution in [-0.2, 0) is 4.74 Å². The molecule has 0 bridgehead atoms. The van der Waals surface area contributed by atoms with Crippen molar-refractivity contribution >= 4 is 16.9 Å². The zero-order chi connectivity index (χ0) is 13.3. The van der Waals surface area contributed by atoms with E-state index in [0.717, 1.165) is 5.56 Å². The molecule has 0 saturated heterocycles. The third kappa shape index (κ3) is 1.95. The lowest BCUT2D eigenvalue weighted by Gasteiger charge is -2.07. The van der Waals surface area contributed by atoms with Crippen LogP contribution in [0.2, 0.25) is 0 Å². The van der Waals surface area contributed by atoms with Crippen molar-refractivity contribution in [1.82, 2.24) is 4.98 Å². The third-order valence-electron chi connectivity index (χ3n) is 2.75.